The molecule has 118 valence electrons. The lowest BCUT2D eigenvalue weighted by atomic mass is 10.2. The van der Waals surface area contributed by atoms with Crippen molar-refractivity contribution < 1.29 is 4.43 Å². The number of nitrogens with two attached hydrogens (primary N) is 1. The SMILES string of the molecule is CC(C)(C)[Si](C)(C)O[C@@H]1CC[C@H](Nc2ccc(N)cn2)C1. The van der Waals surface area contributed by atoms with Gasteiger partial charge in [-0.25, -0.2) is 4.98 Å². The predicted octanol–water partition coefficient (Wildman–Crippen LogP) is 4.02. The van der Waals surface area contributed by atoms with Crippen molar-refractivity contribution in [2.45, 2.75) is 70.3 Å². The van der Waals surface area contributed by atoms with Gasteiger partial charge in [0.2, 0.25) is 0 Å². The van der Waals surface area contributed by atoms with Gasteiger partial charge in [-0.2, -0.15) is 0 Å². The van der Waals surface area contributed by atoms with Gasteiger partial charge < -0.3 is 15.5 Å². The van der Waals surface area contributed by atoms with E-state index in [1.807, 2.05) is 12.1 Å². The molecule has 2 rings (SSSR count). The van der Waals surface area contributed by atoms with Crippen LogP contribution in [0.5, 0.6) is 0 Å². The molecule has 2 atom stereocenters. The highest BCUT2D eigenvalue weighted by molar-refractivity contribution is 6.74. The number of pyridine rings is 1. The molecule has 1 aromatic heterocycles. The maximum atomic E-state index is 6.51. The molecule has 21 heavy (non-hydrogen) atoms. The van der Waals surface area contributed by atoms with Crippen molar-refractivity contribution in [3.8, 4) is 0 Å². The van der Waals surface area contributed by atoms with E-state index in [1.54, 1.807) is 6.20 Å². The quantitative estimate of drug-likeness (QED) is 0.825. The van der Waals surface area contributed by atoms with Crippen molar-refractivity contribution in [3.63, 3.8) is 0 Å². The molecule has 0 spiro atoms. The fraction of sp³-hybridized carbons (Fsp3) is 0.688. The van der Waals surface area contributed by atoms with Gasteiger partial charge in [0.15, 0.2) is 8.32 Å². The first-order chi connectivity index (χ1) is 9.67. The summed E-state index contributed by atoms with van der Waals surface area (Å²) in [6.07, 6.45) is 5.43. The van der Waals surface area contributed by atoms with Gasteiger partial charge in [0, 0.05) is 12.1 Å². The number of anilines is 2. The molecule has 0 saturated heterocycles. The van der Waals surface area contributed by atoms with Crippen molar-refractivity contribution in [2.24, 2.45) is 0 Å². The zero-order chi connectivity index (χ0) is 15.7. The Labute approximate surface area is 129 Å². The maximum absolute atomic E-state index is 6.51. The summed E-state index contributed by atoms with van der Waals surface area (Å²) in [6, 6.07) is 4.28. The Morgan fingerprint density at radius 3 is 2.57 bits per heavy atom. The van der Waals surface area contributed by atoms with Crippen molar-refractivity contribution in [2.75, 3.05) is 11.1 Å². The molecule has 1 fully saturated rings. The van der Waals surface area contributed by atoms with Crippen molar-refractivity contribution in [1.29, 1.82) is 0 Å². The fourth-order valence-electron chi connectivity index (χ4n) is 2.47. The Bertz CT molecular complexity index is 467. The lowest BCUT2D eigenvalue weighted by Crippen LogP contribution is -2.43. The molecule has 0 radical (unpaired) electrons. The molecule has 1 aliphatic rings. The maximum Gasteiger partial charge on any atom is 0.192 e. The van der Waals surface area contributed by atoms with E-state index in [1.165, 1.54) is 0 Å². The van der Waals surface area contributed by atoms with E-state index < -0.39 is 8.32 Å². The second-order valence-corrected chi connectivity index (χ2v) is 12.4. The summed E-state index contributed by atoms with van der Waals surface area (Å²) in [5.41, 5.74) is 6.36. The molecule has 1 heterocycles. The summed E-state index contributed by atoms with van der Waals surface area (Å²) < 4.78 is 6.51. The van der Waals surface area contributed by atoms with E-state index in [2.05, 4.69) is 44.2 Å². The lowest BCUT2D eigenvalue weighted by molar-refractivity contribution is 0.187. The van der Waals surface area contributed by atoms with Crippen LogP contribution in [0.3, 0.4) is 0 Å². The minimum absolute atomic E-state index is 0.275. The fourth-order valence-corrected chi connectivity index (χ4v) is 3.87. The summed E-state index contributed by atoms with van der Waals surface area (Å²) in [5.74, 6) is 0.905. The molecule has 0 amide bonds. The third-order valence-electron chi connectivity index (χ3n) is 4.79. The van der Waals surface area contributed by atoms with Crippen LogP contribution in [0.2, 0.25) is 18.1 Å². The van der Waals surface area contributed by atoms with E-state index in [0.29, 0.717) is 17.8 Å². The molecule has 1 saturated carbocycles. The van der Waals surface area contributed by atoms with Gasteiger partial charge in [-0.05, 0) is 49.5 Å². The van der Waals surface area contributed by atoms with Gasteiger partial charge in [-0.3, -0.25) is 0 Å². The van der Waals surface area contributed by atoms with Gasteiger partial charge in [-0.1, -0.05) is 20.8 Å². The Balaban J connectivity index is 1.88. The van der Waals surface area contributed by atoms with Crippen LogP contribution < -0.4 is 11.1 Å². The molecular weight excluding hydrogens is 278 g/mol. The number of nitrogens with zero attached hydrogens (tertiary/aromatic N) is 1. The molecule has 4 nitrogen and oxygen atoms in total. The van der Waals surface area contributed by atoms with E-state index >= 15 is 0 Å². The minimum Gasteiger partial charge on any atom is -0.414 e. The highest BCUT2D eigenvalue weighted by Gasteiger charge is 2.40. The summed E-state index contributed by atoms with van der Waals surface area (Å²) in [4.78, 5) is 4.31. The zero-order valence-corrected chi connectivity index (χ0v) is 14.9. The van der Waals surface area contributed by atoms with Crippen LogP contribution in [-0.2, 0) is 4.43 Å². The van der Waals surface area contributed by atoms with Gasteiger partial charge in [-0.15, -0.1) is 0 Å². The van der Waals surface area contributed by atoms with Crippen LogP contribution in [0.4, 0.5) is 11.5 Å². The number of hydrogen-bond donors (Lipinski definition) is 2. The molecule has 0 aromatic carbocycles. The number of nitrogen functional groups attached to an aromatic ring is 1. The monoisotopic (exact) mass is 307 g/mol. The predicted molar refractivity (Wildman–Crippen MR) is 92.0 cm³/mol. The average Bonchev–Trinajstić information content (AvgIpc) is 2.77. The Kier molecular flexibility index (Phi) is 4.63. The molecule has 1 aliphatic carbocycles. The summed E-state index contributed by atoms with van der Waals surface area (Å²) in [6.45, 7) is 11.5. The number of nitrogens with one attached hydrogen (secondary N) is 1. The largest absolute Gasteiger partial charge is 0.414 e. The van der Waals surface area contributed by atoms with E-state index in [-0.39, 0.29) is 5.04 Å². The molecule has 0 aliphatic heterocycles. The molecule has 5 heteroatoms. The van der Waals surface area contributed by atoms with Crippen LogP contribution in [-0.4, -0.2) is 25.4 Å². The highest BCUT2D eigenvalue weighted by Crippen LogP contribution is 2.39. The minimum atomic E-state index is -1.66. The molecule has 0 bridgehead atoms. The van der Waals surface area contributed by atoms with Crippen molar-refractivity contribution >= 4 is 19.8 Å². The van der Waals surface area contributed by atoms with Crippen LogP contribution in [0, 0.1) is 0 Å². The topological polar surface area (TPSA) is 60.2 Å². The second kappa shape index (κ2) is 5.97. The zero-order valence-electron chi connectivity index (χ0n) is 13.9. The van der Waals surface area contributed by atoms with Gasteiger partial charge in [0.05, 0.1) is 11.9 Å². The van der Waals surface area contributed by atoms with E-state index in [4.69, 9.17) is 10.2 Å². The standard InChI is InChI=1S/C16H29N3OSi/c1-16(2,3)21(4,5)20-14-8-7-13(10-14)19-15-9-6-12(17)11-18-15/h6,9,11,13-14H,7-8,10,17H2,1-5H3,(H,18,19)/t13-,14+/m0/s1. The molecule has 0 unspecified atom stereocenters. The van der Waals surface area contributed by atoms with Crippen LogP contribution >= 0.6 is 0 Å². The lowest BCUT2D eigenvalue weighted by Gasteiger charge is -2.38. The second-order valence-electron chi connectivity index (χ2n) is 7.63. The Morgan fingerprint density at radius 1 is 1.29 bits per heavy atom. The molecular formula is C16H29N3OSi. The molecule has 1 aromatic rings. The summed E-state index contributed by atoms with van der Waals surface area (Å²) in [7, 11) is -1.66. The van der Waals surface area contributed by atoms with Gasteiger partial charge in [0.1, 0.15) is 5.82 Å². The number of aromatic nitrogens is 1. The Morgan fingerprint density at radius 2 is 2.00 bits per heavy atom. The number of rotatable bonds is 4. The smallest absolute Gasteiger partial charge is 0.192 e. The Hall–Kier alpha value is -1.07. The first kappa shape index (κ1) is 16.3. The van der Waals surface area contributed by atoms with Crippen LogP contribution in [0.25, 0.3) is 0 Å². The van der Waals surface area contributed by atoms with Crippen LogP contribution in [0.1, 0.15) is 40.0 Å². The van der Waals surface area contributed by atoms with Crippen molar-refractivity contribution in [1.82, 2.24) is 4.98 Å². The molecule has 3 N–H and O–H groups in total. The van der Waals surface area contributed by atoms with Gasteiger partial charge in [0.25, 0.3) is 0 Å². The van der Waals surface area contributed by atoms with E-state index in [0.717, 1.165) is 25.1 Å². The van der Waals surface area contributed by atoms with E-state index in [9.17, 15) is 0 Å². The van der Waals surface area contributed by atoms with Gasteiger partial charge >= 0.3 is 0 Å². The number of hydrogen-bond acceptors (Lipinski definition) is 4. The summed E-state index contributed by atoms with van der Waals surface area (Å²) >= 11 is 0. The third-order valence-corrected chi connectivity index (χ3v) is 9.33. The summed E-state index contributed by atoms with van der Waals surface area (Å²) in [5, 5.41) is 3.77. The first-order valence-corrected chi connectivity index (χ1v) is 10.7. The van der Waals surface area contributed by atoms with Crippen molar-refractivity contribution in [3.05, 3.63) is 18.3 Å². The average molecular weight is 308 g/mol. The normalized spacial score (nSPS) is 23.3. The first-order valence-electron chi connectivity index (χ1n) is 7.83. The highest BCUT2D eigenvalue weighted by atomic mass is 28.4. The third kappa shape index (κ3) is 4.20. The van der Waals surface area contributed by atoms with Crippen LogP contribution in [0.15, 0.2) is 18.3 Å².